The van der Waals surface area contributed by atoms with E-state index in [9.17, 15) is 13.2 Å². The summed E-state index contributed by atoms with van der Waals surface area (Å²) in [6, 6.07) is 4.71. The minimum absolute atomic E-state index is 0.102. The van der Waals surface area contributed by atoms with Crippen molar-refractivity contribution in [3.05, 3.63) is 28.8 Å². The van der Waals surface area contributed by atoms with E-state index in [4.69, 9.17) is 11.6 Å². The van der Waals surface area contributed by atoms with Gasteiger partial charge in [0, 0.05) is 44.3 Å². The molecule has 0 aromatic heterocycles. The molecule has 8 heteroatoms. The molecule has 1 atom stereocenters. The number of halogens is 1. The quantitative estimate of drug-likeness (QED) is 0.700. The third kappa shape index (κ3) is 4.53. The van der Waals surface area contributed by atoms with Gasteiger partial charge in [0.05, 0.1) is 10.9 Å². The van der Waals surface area contributed by atoms with E-state index >= 15 is 0 Å². The molecular formula is C20H30ClN3O3S. The standard InChI is InChI=1S/C20H30ClN3O3S/c1-15(2)6-8-23-9-7-19(20(23)25)22-10-12-24(13-11-22)28(26,27)17-4-5-18(21)16(3)14-17/h4-5,14-15,19H,6-13H2,1-3H3. The topological polar surface area (TPSA) is 60.9 Å². The van der Waals surface area contributed by atoms with Crippen LogP contribution in [-0.2, 0) is 14.8 Å². The van der Waals surface area contributed by atoms with Gasteiger partial charge in [0.1, 0.15) is 0 Å². The minimum Gasteiger partial charge on any atom is -0.341 e. The van der Waals surface area contributed by atoms with Crippen molar-refractivity contribution in [2.45, 2.75) is 44.6 Å². The average molecular weight is 428 g/mol. The Hall–Kier alpha value is -1.15. The summed E-state index contributed by atoms with van der Waals surface area (Å²) in [5.74, 6) is 0.780. The van der Waals surface area contributed by atoms with Gasteiger partial charge in [0.25, 0.3) is 0 Å². The van der Waals surface area contributed by atoms with E-state index in [-0.39, 0.29) is 16.8 Å². The number of hydrogen-bond acceptors (Lipinski definition) is 4. The van der Waals surface area contributed by atoms with Crippen LogP contribution in [0.3, 0.4) is 0 Å². The first-order valence-corrected chi connectivity index (χ1v) is 11.8. The number of amides is 1. The van der Waals surface area contributed by atoms with Crippen LogP contribution in [0.5, 0.6) is 0 Å². The number of hydrogen-bond donors (Lipinski definition) is 0. The summed E-state index contributed by atoms with van der Waals surface area (Å²) < 4.78 is 27.4. The number of benzene rings is 1. The van der Waals surface area contributed by atoms with Crippen molar-refractivity contribution in [3.63, 3.8) is 0 Å². The van der Waals surface area contributed by atoms with Gasteiger partial charge in [-0.2, -0.15) is 4.31 Å². The average Bonchev–Trinajstić information content (AvgIpc) is 3.02. The number of sulfonamides is 1. The van der Waals surface area contributed by atoms with E-state index in [0.29, 0.717) is 37.1 Å². The fourth-order valence-electron chi connectivity index (χ4n) is 3.88. The number of aryl methyl sites for hydroxylation is 1. The van der Waals surface area contributed by atoms with E-state index < -0.39 is 10.0 Å². The lowest BCUT2D eigenvalue weighted by Crippen LogP contribution is -2.53. The van der Waals surface area contributed by atoms with Crippen LogP contribution in [-0.4, -0.2) is 73.7 Å². The molecule has 2 aliphatic heterocycles. The Kier molecular flexibility index (Phi) is 6.69. The first-order chi connectivity index (χ1) is 13.2. The van der Waals surface area contributed by atoms with E-state index in [1.165, 1.54) is 4.31 Å². The highest BCUT2D eigenvalue weighted by Crippen LogP contribution is 2.25. The third-order valence-corrected chi connectivity index (χ3v) is 8.05. The lowest BCUT2D eigenvalue weighted by molar-refractivity contribution is -0.132. The molecule has 28 heavy (non-hydrogen) atoms. The van der Waals surface area contributed by atoms with Crippen molar-refractivity contribution >= 4 is 27.5 Å². The minimum atomic E-state index is -3.54. The number of carbonyl (C=O) groups is 1. The molecule has 3 rings (SSSR count). The van der Waals surface area contributed by atoms with Gasteiger partial charge in [-0.1, -0.05) is 25.4 Å². The summed E-state index contributed by atoms with van der Waals surface area (Å²) in [6.45, 7) is 9.73. The molecule has 2 saturated heterocycles. The van der Waals surface area contributed by atoms with E-state index in [1.54, 1.807) is 25.1 Å². The summed E-state index contributed by atoms with van der Waals surface area (Å²) in [5, 5.41) is 0.561. The zero-order chi connectivity index (χ0) is 20.5. The number of likely N-dealkylation sites (tertiary alicyclic amines) is 1. The first-order valence-electron chi connectivity index (χ1n) is 9.99. The van der Waals surface area contributed by atoms with Crippen LogP contribution in [0.4, 0.5) is 0 Å². The SMILES string of the molecule is Cc1cc(S(=O)(=O)N2CCN(C3CCN(CCC(C)C)C3=O)CC2)ccc1Cl. The molecule has 0 bridgehead atoms. The summed E-state index contributed by atoms with van der Waals surface area (Å²) in [5.41, 5.74) is 0.749. The molecule has 1 aromatic rings. The second-order valence-corrected chi connectivity index (χ2v) is 10.5. The Morgan fingerprint density at radius 1 is 1.14 bits per heavy atom. The number of rotatable bonds is 6. The van der Waals surface area contributed by atoms with Crippen LogP contribution in [0.2, 0.25) is 5.02 Å². The van der Waals surface area contributed by atoms with Crippen molar-refractivity contribution < 1.29 is 13.2 Å². The second-order valence-electron chi connectivity index (χ2n) is 8.16. The monoisotopic (exact) mass is 427 g/mol. The van der Waals surface area contributed by atoms with Crippen molar-refractivity contribution in [1.29, 1.82) is 0 Å². The van der Waals surface area contributed by atoms with Crippen molar-refractivity contribution in [2.24, 2.45) is 5.92 Å². The Labute approximate surface area is 173 Å². The van der Waals surface area contributed by atoms with Gasteiger partial charge in [-0.25, -0.2) is 8.42 Å². The molecule has 0 N–H and O–H groups in total. The van der Waals surface area contributed by atoms with E-state index in [2.05, 4.69) is 18.7 Å². The zero-order valence-electron chi connectivity index (χ0n) is 16.9. The maximum Gasteiger partial charge on any atom is 0.243 e. The largest absolute Gasteiger partial charge is 0.341 e. The van der Waals surface area contributed by atoms with Gasteiger partial charge < -0.3 is 4.90 Å². The van der Waals surface area contributed by atoms with Gasteiger partial charge in [-0.05, 0) is 49.4 Å². The van der Waals surface area contributed by atoms with Crippen LogP contribution in [0.25, 0.3) is 0 Å². The number of nitrogens with zero attached hydrogens (tertiary/aromatic N) is 3. The molecule has 1 unspecified atom stereocenters. The van der Waals surface area contributed by atoms with Crippen LogP contribution in [0.1, 0.15) is 32.3 Å². The first kappa shape index (κ1) is 21.6. The smallest absolute Gasteiger partial charge is 0.243 e. The Bertz CT molecular complexity index is 820. The zero-order valence-corrected chi connectivity index (χ0v) is 18.5. The lowest BCUT2D eigenvalue weighted by atomic mass is 10.1. The number of carbonyl (C=O) groups excluding carboxylic acids is 1. The van der Waals surface area contributed by atoms with Crippen molar-refractivity contribution in [1.82, 2.24) is 14.1 Å². The fourth-order valence-corrected chi connectivity index (χ4v) is 5.51. The highest BCUT2D eigenvalue weighted by Gasteiger charge is 2.38. The van der Waals surface area contributed by atoms with Gasteiger partial charge >= 0.3 is 0 Å². The molecule has 0 aliphatic carbocycles. The molecule has 6 nitrogen and oxygen atoms in total. The van der Waals surface area contributed by atoms with Gasteiger partial charge in [-0.15, -0.1) is 0 Å². The summed E-state index contributed by atoms with van der Waals surface area (Å²) in [4.78, 5) is 17.1. The summed E-state index contributed by atoms with van der Waals surface area (Å²) >= 11 is 6.02. The molecule has 1 aromatic carbocycles. The maximum absolute atomic E-state index is 12.9. The molecule has 2 heterocycles. The molecule has 0 saturated carbocycles. The summed E-state index contributed by atoms with van der Waals surface area (Å²) in [6.07, 6.45) is 1.85. The third-order valence-electron chi connectivity index (χ3n) is 5.73. The molecule has 0 radical (unpaired) electrons. The normalized spacial score (nSPS) is 22.4. The Morgan fingerprint density at radius 2 is 1.82 bits per heavy atom. The molecule has 2 aliphatic rings. The predicted molar refractivity (Wildman–Crippen MR) is 111 cm³/mol. The molecule has 0 spiro atoms. The maximum atomic E-state index is 12.9. The fraction of sp³-hybridized carbons (Fsp3) is 0.650. The van der Waals surface area contributed by atoms with Crippen molar-refractivity contribution in [2.75, 3.05) is 39.3 Å². The Balaban J connectivity index is 1.60. The molecular weight excluding hydrogens is 398 g/mol. The lowest BCUT2D eigenvalue weighted by Gasteiger charge is -2.36. The molecule has 1 amide bonds. The van der Waals surface area contributed by atoms with Gasteiger partial charge in [0.2, 0.25) is 15.9 Å². The highest BCUT2D eigenvalue weighted by atomic mass is 35.5. The molecule has 2 fully saturated rings. The molecule has 156 valence electrons. The van der Waals surface area contributed by atoms with Gasteiger partial charge in [-0.3, -0.25) is 9.69 Å². The highest BCUT2D eigenvalue weighted by molar-refractivity contribution is 7.89. The number of piperazine rings is 1. The summed E-state index contributed by atoms with van der Waals surface area (Å²) in [7, 11) is -3.54. The van der Waals surface area contributed by atoms with Gasteiger partial charge in [0.15, 0.2) is 0 Å². The van der Waals surface area contributed by atoms with Crippen LogP contribution in [0, 0.1) is 12.8 Å². The van der Waals surface area contributed by atoms with Crippen LogP contribution < -0.4 is 0 Å². The van der Waals surface area contributed by atoms with E-state index in [0.717, 1.165) is 31.5 Å². The van der Waals surface area contributed by atoms with Crippen LogP contribution >= 0.6 is 11.6 Å². The van der Waals surface area contributed by atoms with Crippen LogP contribution in [0.15, 0.2) is 23.1 Å². The second kappa shape index (κ2) is 8.69. The predicted octanol–water partition coefficient (Wildman–Crippen LogP) is 2.60. The van der Waals surface area contributed by atoms with E-state index in [1.807, 2.05) is 4.90 Å². The van der Waals surface area contributed by atoms with Crippen molar-refractivity contribution in [3.8, 4) is 0 Å². The Morgan fingerprint density at radius 3 is 2.43 bits per heavy atom.